The highest BCUT2D eigenvalue weighted by atomic mass is 79.9. The van der Waals surface area contributed by atoms with Gasteiger partial charge in [-0.25, -0.2) is 8.42 Å². The minimum Gasteiger partial charge on any atom is -0.367 e. The summed E-state index contributed by atoms with van der Waals surface area (Å²) in [4.78, 5) is 29.6. The highest BCUT2D eigenvalue weighted by Crippen LogP contribution is 2.34. The third-order valence-corrected chi connectivity index (χ3v) is 8.61. The third kappa shape index (κ3) is 7.84. The van der Waals surface area contributed by atoms with Crippen molar-refractivity contribution < 1.29 is 30.7 Å². The number of nitro groups is 1. The summed E-state index contributed by atoms with van der Waals surface area (Å²) < 4.78 is 53.5. The van der Waals surface area contributed by atoms with Crippen LogP contribution in [-0.4, -0.2) is 107 Å². The van der Waals surface area contributed by atoms with Crippen molar-refractivity contribution in [3.63, 3.8) is 0 Å². The number of piperazine rings is 1. The average Bonchev–Trinajstić information content (AvgIpc) is 2.81. The second-order valence-electron chi connectivity index (χ2n) is 8.62. The number of amides is 1. The summed E-state index contributed by atoms with van der Waals surface area (Å²) in [5, 5.41) is 12.3. The lowest BCUT2D eigenvalue weighted by molar-refractivity contribution is -0.385. The van der Waals surface area contributed by atoms with Crippen LogP contribution in [0.5, 0.6) is 0 Å². The van der Waals surface area contributed by atoms with Gasteiger partial charge in [0.15, 0.2) is 9.84 Å². The molecule has 0 aliphatic carbocycles. The fourth-order valence-corrected chi connectivity index (χ4v) is 5.81. The molecule has 0 aromatic heterocycles. The van der Waals surface area contributed by atoms with Crippen LogP contribution in [0.4, 0.5) is 11.4 Å². The number of anilines is 1. The number of sulfone groups is 1. The van der Waals surface area contributed by atoms with Crippen molar-refractivity contribution in [2.45, 2.75) is 31.7 Å². The Kier molecular flexibility index (Phi) is 10.7. The molecule has 15 heteroatoms. The molecule has 1 heterocycles. The van der Waals surface area contributed by atoms with Crippen LogP contribution < -0.4 is 4.90 Å². The van der Waals surface area contributed by atoms with Crippen molar-refractivity contribution in [1.82, 2.24) is 9.80 Å². The number of benzene rings is 1. The first-order valence-corrected chi connectivity index (χ1v) is 16.0. The molecule has 0 bridgehead atoms. The molecular weight excluding hydrogens is 580 g/mol. The zero-order valence-corrected chi connectivity index (χ0v) is 24.1. The molecule has 1 aromatic carbocycles. The zero-order valence-electron chi connectivity index (χ0n) is 20.8. The van der Waals surface area contributed by atoms with Gasteiger partial charge in [0.1, 0.15) is 5.56 Å². The minimum absolute atomic E-state index is 0.0244. The van der Waals surface area contributed by atoms with E-state index in [1.165, 1.54) is 17.9 Å². The first-order chi connectivity index (χ1) is 16.7. The Hall–Kier alpha value is -1.81. The number of hydrogen-bond donors (Lipinski definition) is 0. The maximum atomic E-state index is 13.4. The Morgan fingerprint density at radius 1 is 1.17 bits per heavy atom. The van der Waals surface area contributed by atoms with Gasteiger partial charge < -0.3 is 9.80 Å². The van der Waals surface area contributed by atoms with Crippen molar-refractivity contribution in [1.29, 1.82) is 0 Å². The van der Waals surface area contributed by atoms with E-state index in [4.69, 9.17) is 4.18 Å². The Bertz CT molecular complexity index is 1170. The van der Waals surface area contributed by atoms with Crippen molar-refractivity contribution in [2.24, 2.45) is 0 Å². The van der Waals surface area contributed by atoms with Crippen LogP contribution in [0.15, 0.2) is 17.0 Å². The molecule has 36 heavy (non-hydrogen) atoms. The average molecular weight is 614 g/mol. The minimum atomic E-state index is -3.94. The Morgan fingerprint density at radius 2 is 1.78 bits per heavy atom. The fourth-order valence-electron chi connectivity index (χ4n) is 3.90. The monoisotopic (exact) mass is 612 g/mol. The van der Waals surface area contributed by atoms with Crippen LogP contribution in [0.2, 0.25) is 0 Å². The van der Waals surface area contributed by atoms with E-state index in [0.29, 0.717) is 37.6 Å². The molecule has 0 radical (unpaired) electrons. The molecule has 1 amide bonds. The number of carbonyl (C=O) groups is 1. The fraction of sp³-hybridized carbons (Fsp3) is 0.667. The van der Waals surface area contributed by atoms with E-state index in [1.807, 2.05) is 13.8 Å². The highest BCUT2D eigenvalue weighted by molar-refractivity contribution is 9.09. The molecule has 0 atom stereocenters. The molecule has 1 aliphatic heterocycles. The molecule has 0 unspecified atom stereocenters. The van der Waals surface area contributed by atoms with Crippen LogP contribution in [0.3, 0.4) is 0 Å². The first-order valence-electron chi connectivity index (χ1n) is 11.5. The van der Waals surface area contributed by atoms with Crippen LogP contribution in [0, 0.1) is 10.1 Å². The summed E-state index contributed by atoms with van der Waals surface area (Å²) in [5.74, 6) is -0.873. The van der Waals surface area contributed by atoms with Crippen molar-refractivity contribution >= 4 is 53.2 Å². The molecular formula is C21H33BrN4O8S2. The number of halogens is 1. The van der Waals surface area contributed by atoms with E-state index in [9.17, 15) is 31.7 Å². The molecule has 1 saturated heterocycles. The predicted octanol–water partition coefficient (Wildman–Crippen LogP) is 1.73. The topological polar surface area (TPSA) is 147 Å². The van der Waals surface area contributed by atoms with E-state index >= 15 is 0 Å². The maximum absolute atomic E-state index is 13.4. The molecule has 0 spiro atoms. The lowest BCUT2D eigenvalue weighted by Crippen LogP contribution is -2.50. The number of nitro benzene ring substituents is 1. The van der Waals surface area contributed by atoms with Crippen LogP contribution in [0.1, 0.15) is 31.1 Å². The number of rotatable bonds is 12. The van der Waals surface area contributed by atoms with E-state index in [0.717, 1.165) is 12.3 Å². The zero-order chi connectivity index (χ0) is 27.3. The van der Waals surface area contributed by atoms with Crippen molar-refractivity contribution in [2.75, 3.05) is 68.1 Å². The molecule has 1 aliphatic rings. The largest absolute Gasteiger partial charge is 0.367 e. The van der Waals surface area contributed by atoms with Gasteiger partial charge in [-0.2, -0.15) is 8.42 Å². The number of hydrogen-bond acceptors (Lipinski definition) is 10. The molecule has 204 valence electrons. The van der Waals surface area contributed by atoms with Gasteiger partial charge in [-0.05, 0) is 19.9 Å². The number of nitrogens with zero attached hydrogens (tertiary/aromatic N) is 4. The highest BCUT2D eigenvalue weighted by Gasteiger charge is 2.33. The molecule has 1 fully saturated rings. The van der Waals surface area contributed by atoms with Gasteiger partial charge in [-0.3, -0.25) is 24.0 Å². The van der Waals surface area contributed by atoms with Gasteiger partial charge in [-0.15, -0.1) is 0 Å². The maximum Gasteiger partial charge on any atom is 0.283 e. The predicted molar refractivity (Wildman–Crippen MR) is 140 cm³/mol. The van der Waals surface area contributed by atoms with Crippen LogP contribution >= 0.6 is 15.9 Å². The normalized spacial score (nSPS) is 15.3. The molecule has 0 saturated carbocycles. The second-order valence-corrected chi connectivity index (χ2v) is 13.3. The van der Waals surface area contributed by atoms with Gasteiger partial charge in [0.25, 0.3) is 21.7 Å². The van der Waals surface area contributed by atoms with E-state index in [2.05, 4.69) is 20.8 Å². The summed E-state index contributed by atoms with van der Waals surface area (Å²) in [6.07, 6.45) is 0.899. The lowest BCUT2D eigenvalue weighted by atomic mass is 10.1. The van der Waals surface area contributed by atoms with Gasteiger partial charge in [0, 0.05) is 56.7 Å². The lowest BCUT2D eigenvalue weighted by Gasteiger charge is -2.37. The van der Waals surface area contributed by atoms with Gasteiger partial charge in [0.2, 0.25) is 0 Å². The number of alkyl halides is 1. The van der Waals surface area contributed by atoms with Crippen molar-refractivity contribution in [3.8, 4) is 0 Å². The summed E-state index contributed by atoms with van der Waals surface area (Å²) in [6.45, 7) is 7.45. The smallest absolute Gasteiger partial charge is 0.283 e. The van der Waals surface area contributed by atoms with E-state index < -0.39 is 36.5 Å². The SMILES string of the molecule is CCS(=O)(=O)c1cc([N+](=O)[O-])c(C(=O)N2CCN(C(C)C)CC2)cc1N(CCBr)CCOS(C)(=O)=O. The second kappa shape index (κ2) is 12.6. The van der Waals surface area contributed by atoms with E-state index in [-0.39, 0.29) is 41.6 Å². The van der Waals surface area contributed by atoms with Gasteiger partial charge in [0.05, 0.1) is 34.1 Å². The van der Waals surface area contributed by atoms with Crippen LogP contribution in [-0.2, 0) is 24.1 Å². The molecule has 0 N–H and O–H groups in total. The number of carbonyl (C=O) groups excluding carboxylic acids is 1. The third-order valence-electron chi connectivity index (χ3n) is 5.90. The summed E-state index contributed by atoms with van der Waals surface area (Å²) >= 11 is 3.30. The summed E-state index contributed by atoms with van der Waals surface area (Å²) in [5.41, 5.74) is -0.719. The standard InChI is InChI=1S/C21H33BrN4O8S2/c1-5-36(32,33)20-15-18(26(28)29)17(21(27)25-10-8-23(9-11-25)16(2)3)14-19(20)24(7-6-22)12-13-34-35(4,30)31/h14-16H,5-13H2,1-4H3. The molecule has 1 aromatic rings. The Labute approximate surface area is 220 Å². The van der Waals surface area contributed by atoms with Gasteiger partial charge in [-0.1, -0.05) is 22.9 Å². The Balaban J connectivity index is 2.59. The molecule has 12 nitrogen and oxygen atoms in total. The Morgan fingerprint density at radius 3 is 2.25 bits per heavy atom. The van der Waals surface area contributed by atoms with E-state index in [1.54, 1.807) is 4.90 Å². The summed E-state index contributed by atoms with van der Waals surface area (Å²) in [7, 11) is -7.67. The van der Waals surface area contributed by atoms with Crippen molar-refractivity contribution in [3.05, 3.63) is 27.8 Å². The quantitative estimate of drug-likeness (QED) is 0.148. The molecule has 2 rings (SSSR count). The van der Waals surface area contributed by atoms with Gasteiger partial charge >= 0.3 is 0 Å². The summed E-state index contributed by atoms with van der Waals surface area (Å²) in [6, 6.07) is 2.47. The van der Waals surface area contributed by atoms with Crippen LogP contribution in [0.25, 0.3) is 0 Å². The first kappa shape index (κ1) is 30.4.